The summed E-state index contributed by atoms with van der Waals surface area (Å²) in [5, 5.41) is 6.90. The number of aromatic nitrogens is 6. The highest BCUT2D eigenvalue weighted by molar-refractivity contribution is 7.91. The fourth-order valence-electron chi connectivity index (χ4n) is 2.14. The molecule has 2 aromatic heterocycles. The molecule has 0 saturated carbocycles. The fraction of sp³-hybridized carbons (Fsp3) is 0.500. The molecule has 1 unspecified atom stereocenters. The molecule has 1 N–H and O–H groups in total. The van der Waals surface area contributed by atoms with Crippen molar-refractivity contribution in [2.45, 2.75) is 18.9 Å². The van der Waals surface area contributed by atoms with Gasteiger partial charge in [0, 0.05) is 6.04 Å². The molecule has 1 aliphatic heterocycles. The molecule has 0 bridgehead atoms. The van der Waals surface area contributed by atoms with Crippen molar-refractivity contribution in [2.24, 2.45) is 0 Å². The van der Waals surface area contributed by atoms with Crippen molar-refractivity contribution >= 4 is 27.4 Å². The molecule has 21 heavy (non-hydrogen) atoms. The molecular formula is C10H12ClN7O2S. The Hall–Kier alpha value is -1.81. The zero-order chi connectivity index (χ0) is 14.9. The van der Waals surface area contributed by atoms with Crippen LogP contribution in [0.4, 0.5) is 5.95 Å². The topological polar surface area (TPSA) is 116 Å². The summed E-state index contributed by atoms with van der Waals surface area (Å²) in [6, 6.07) is -0.231. The van der Waals surface area contributed by atoms with Gasteiger partial charge in [0.15, 0.2) is 9.84 Å². The van der Waals surface area contributed by atoms with Gasteiger partial charge in [0.2, 0.25) is 11.2 Å². The third kappa shape index (κ3) is 3.45. The van der Waals surface area contributed by atoms with Crippen LogP contribution in [0, 0.1) is 0 Å². The lowest BCUT2D eigenvalue weighted by Gasteiger charge is -2.22. The van der Waals surface area contributed by atoms with Gasteiger partial charge in [-0.2, -0.15) is 24.7 Å². The van der Waals surface area contributed by atoms with E-state index in [-0.39, 0.29) is 34.7 Å². The van der Waals surface area contributed by atoms with E-state index in [9.17, 15) is 8.42 Å². The van der Waals surface area contributed by atoms with Crippen LogP contribution in [-0.4, -0.2) is 55.7 Å². The van der Waals surface area contributed by atoms with Gasteiger partial charge in [-0.15, -0.1) is 0 Å². The van der Waals surface area contributed by atoms with Gasteiger partial charge in [0.1, 0.15) is 12.7 Å². The van der Waals surface area contributed by atoms with Crippen molar-refractivity contribution in [1.29, 1.82) is 0 Å². The minimum atomic E-state index is -3.01. The molecule has 9 nitrogen and oxygen atoms in total. The maximum absolute atomic E-state index is 11.6. The molecule has 0 amide bonds. The second kappa shape index (κ2) is 5.53. The highest BCUT2D eigenvalue weighted by atomic mass is 35.5. The molecule has 1 saturated heterocycles. The molecule has 112 valence electrons. The molecule has 1 fully saturated rings. The van der Waals surface area contributed by atoms with Gasteiger partial charge in [-0.1, -0.05) is 0 Å². The number of nitrogens with one attached hydrogen (secondary N) is 1. The average molecular weight is 330 g/mol. The zero-order valence-corrected chi connectivity index (χ0v) is 12.4. The highest BCUT2D eigenvalue weighted by Gasteiger charge is 2.25. The van der Waals surface area contributed by atoms with Crippen molar-refractivity contribution in [3.05, 3.63) is 17.9 Å². The highest BCUT2D eigenvalue weighted by Crippen LogP contribution is 2.16. The van der Waals surface area contributed by atoms with Gasteiger partial charge in [0.25, 0.3) is 5.95 Å². The summed E-state index contributed by atoms with van der Waals surface area (Å²) in [5.74, 6) is 0.735. The molecule has 1 atom stereocenters. The first-order valence-corrected chi connectivity index (χ1v) is 8.45. The number of halogens is 1. The molecule has 1 aliphatic rings. The number of rotatable bonds is 3. The molecule has 0 radical (unpaired) electrons. The summed E-state index contributed by atoms with van der Waals surface area (Å²) in [7, 11) is -3.01. The summed E-state index contributed by atoms with van der Waals surface area (Å²) >= 11 is 5.86. The predicted octanol–water partition coefficient (Wildman–Crippen LogP) is 0.0948. The maximum Gasteiger partial charge on any atom is 0.258 e. The summed E-state index contributed by atoms with van der Waals surface area (Å²) in [4.78, 5) is 15.9. The molecular weight excluding hydrogens is 318 g/mol. The standard InChI is InChI=1S/C10H12ClN7O2S/c11-8-15-9(14-7-2-1-3-21(19,20)4-7)17-10(16-8)18-6-12-5-13-18/h5-7H,1-4H2,(H,14,15,16,17). The second-order valence-electron chi connectivity index (χ2n) is 4.67. The molecule has 0 spiro atoms. The van der Waals surface area contributed by atoms with Crippen LogP contribution >= 0.6 is 11.6 Å². The minimum Gasteiger partial charge on any atom is -0.350 e. The molecule has 0 aliphatic carbocycles. The van der Waals surface area contributed by atoms with E-state index >= 15 is 0 Å². The number of hydrogen-bond acceptors (Lipinski definition) is 8. The van der Waals surface area contributed by atoms with Crippen LogP contribution in [0.1, 0.15) is 12.8 Å². The normalized spacial score (nSPS) is 21.1. The third-order valence-electron chi connectivity index (χ3n) is 3.02. The van der Waals surface area contributed by atoms with E-state index in [2.05, 4.69) is 30.4 Å². The van der Waals surface area contributed by atoms with Gasteiger partial charge in [-0.3, -0.25) is 0 Å². The molecule has 3 heterocycles. The van der Waals surface area contributed by atoms with Crippen molar-refractivity contribution in [3.8, 4) is 5.95 Å². The second-order valence-corrected chi connectivity index (χ2v) is 7.23. The van der Waals surface area contributed by atoms with Gasteiger partial charge in [-0.05, 0) is 24.4 Å². The van der Waals surface area contributed by atoms with Crippen LogP contribution in [0.2, 0.25) is 5.28 Å². The van der Waals surface area contributed by atoms with Crippen molar-refractivity contribution in [3.63, 3.8) is 0 Å². The third-order valence-corrected chi connectivity index (χ3v) is 5.01. The smallest absolute Gasteiger partial charge is 0.258 e. The van der Waals surface area contributed by atoms with Gasteiger partial charge < -0.3 is 5.32 Å². The lowest BCUT2D eigenvalue weighted by atomic mass is 10.2. The Kier molecular flexibility index (Phi) is 3.72. The molecule has 3 rings (SSSR count). The van der Waals surface area contributed by atoms with Crippen LogP contribution in [-0.2, 0) is 9.84 Å². The predicted molar refractivity (Wildman–Crippen MR) is 75.1 cm³/mol. The van der Waals surface area contributed by atoms with Crippen molar-refractivity contribution < 1.29 is 8.42 Å². The minimum absolute atomic E-state index is 0.00309. The summed E-state index contributed by atoms with van der Waals surface area (Å²) < 4.78 is 24.6. The summed E-state index contributed by atoms with van der Waals surface area (Å²) in [6.45, 7) is 0. The Labute approximate surface area is 125 Å². The Morgan fingerprint density at radius 3 is 2.90 bits per heavy atom. The maximum atomic E-state index is 11.6. The van der Waals surface area contributed by atoms with E-state index in [1.54, 1.807) is 0 Å². The Balaban J connectivity index is 1.82. The van der Waals surface area contributed by atoms with E-state index in [1.807, 2.05) is 0 Å². The number of nitrogens with zero attached hydrogens (tertiary/aromatic N) is 6. The Bertz CT molecular complexity index is 734. The summed E-state index contributed by atoms with van der Waals surface area (Å²) in [6.07, 6.45) is 4.13. The summed E-state index contributed by atoms with van der Waals surface area (Å²) in [5.41, 5.74) is 0. The monoisotopic (exact) mass is 329 g/mol. The largest absolute Gasteiger partial charge is 0.350 e. The van der Waals surface area contributed by atoms with Gasteiger partial charge in [-0.25, -0.2) is 13.4 Å². The quantitative estimate of drug-likeness (QED) is 0.842. The van der Waals surface area contributed by atoms with Crippen LogP contribution < -0.4 is 5.32 Å². The first-order chi connectivity index (χ1) is 10.0. The molecule has 0 aromatic carbocycles. The average Bonchev–Trinajstić information content (AvgIpc) is 2.90. The Morgan fingerprint density at radius 1 is 1.33 bits per heavy atom. The lowest BCUT2D eigenvalue weighted by Crippen LogP contribution is -2.35. The molecule has 2 aromatic rings. The van der Waals surface area contributed by atoms with Crippen molar-refractivity contribution in [2.75, 3.05) is 16.8 Å². The number of hydrogen-bond donors (Lipinski definition) is 1. The number of sulfone groups is 1. The Morgan fingerprint density at radius 2 is 2.19 bits per heavy atom. The van der Waals surface area contributed by atoms with Crippen LogP contribution in [0.3, 0.4) is 0 Å². The molecule has 11 heteroatoms. The zero-order valence-electron chi connectivity index (χ0n) is 10.8. The van der Waals surface area contributed by atoms with Crippen LogP contribution in [0.15, 0.2) is 12.7 Å². The SMILES string of the molecule is O=S1(=O)CCCC(Nc2nc(Cl)nc(-n3cncn3)n2)C1. The van der Waals surface area contributed by atoms with E-state index in [4.69, 9.17) is 11.6 Å². The first-order valence-electron chi connectivity index (χ1n) is 6.25. The van der Waals surface area contributed by atoms with Crippen LogP contribution in [0.5, 0.6) is 0 Å². The lowest BCUT2D eigenvalue weighted by molar-refractivity contribution is 0.561. The van der Waals surface area contributed by atoms with Crippen molar-refractivity contribution in [1.82, 2.24) is 29.7 Å². The van der Waals surface area contributed by atoms with Crippen LogP contribution in [0.25, 0.3) is 5.95 Å². The first kappa shape index (κ1) is 14.1. The number of anilines is 1. The van der Waals surface area contributed by atoms with E-state index in [0.717, 1.165) is 6.42 Å². The fourth-order valence-corrected chi connectivity index (χ4v) is 3.93. The van der Waals surface area contributed by atoms with E-state index < -0.39 is 9.84 Å². The van der Waals surface area contributed by atoms with E-state index in [0.29, 0.717) is 6.42 Å². The van der Waals surface area contributed by atoms with Gasteiger partial charge >= 0.3 is 0 Å². The van der Waals surface area contributed by atoms with E-state index in [1.165, 1.54) is 17.3 Å². The van der Waals surface area contributed by atoms with Gasteiger partial charge in [0.05, 0.1) is 11.5 Å².